The van der Waals surface area contributed by atoms with Gasteiger partial charge in [0.25, 0.3) is 0 Å². The van der Waals surface area contributed by atoms with Gasteiger partial charge in [-0.3, -0.25) is 0 Å². The zero-order chi connectivity index (χ0) is 19.8. The lowest BCUT2D eigenvalue weighted by molar-refractivity contribution is 0.146. The van der Waals surface area contributed by atoms with Crippen LogP contribution in [-0.4, -0.2) is 32.0 Å². The topological polar surface area (TPSA) is 66.0 Å². The van der Waals surface area contributed by atoms with E-state index in [2.05, 4.69) is 71.8 Å². The summed E-state index contributed by atoms with van der Waals surface area (Å²) in [5.74, 6) is 1.20. The average Bonchev–Trinajstić information content (AvgIpc) is 3.29. The molecule has 0 radical (unpaired) electrons. The lowest BCUT2D eigenvalue weighted by Gasteiger charge is -2.38. The Bertz CT molecular complexity index is 984. The summed E-state index contributed by atoms with van der Waals surface area (Å²) in [6.45, 7) is 9.74. The number of carbonyl (C=O) groups excluding carboxylic acids is 1. The van der Waals surface area contributed by atoms with Gasteiger partial charge in [-0.2, -0.15) is 0 Å². The highest BCUT2D eigenvalue weighted by Gasteiger charge is 2.35. The fourth-order valence-corrected chi connectivity index (χ4v) is 4.40. The minimum absolute atomic E-state index is 0.0266. The predicted octanol–water partition coefficient (Wildman–Crippen LogP) is 4.41. The number of aromatic nitrogens is 3. The molecule has 0 aliphatic carbocycles. The van der Waals surface area contributed by atoms with Crippen LogP contribution < -0.4 is 5.32 Å². The molecule has 1 atom stereocenters. The third-order valence-corrected chi connectivity index (χ3v) is 5.68. The van der Waals surface area contributed by atoms with E-state index in [1.807, 2.05) is 11.1 Å². The van der Waals surface area contributed by atoms with Crippen LogP contribution >= 0.6 is 0 Å². The largest absolute Gasteiger partial charge is 0.356 e. The van der Waals surface area contributed by atoms with E-state index in [4.69, 9.17) is 0 Å². The van der Waals surface area contributed by atoms with E-state index in [1.165, 1.54) is 16.6 Å². The first kappa shape index (κ1) is 18.6. The van der Waals surface area contributed by atoms with E-state index in [1.54, 1.807) is 6.20 Å². The van der Waals surface area contributed by atoms with Crippen molar-refractivity contribution in [1.29, 1.82) is 0 Å². The van der Waals surface area contributed by atoms with Gasteiger partial charge < -0.3 is 19.8 Å². The summed E-state index contributed by atoms with van der Waals surface area (Å²) in [7, 11) is 0. The van der Waals surface area contributed by atoms with Crippen LogP contribution in [0.1, 0.15) is 56.9 Å². The molecule has 6 nitrogen and oxygen atoms in total. The molecule has 0 saturated carbocycles. The number of imidazole rings is 1. The number of H-pyrrole nitrogens is 1. The molecule has 2 aromatic heterocycles. The maximum Gasteiger partial charge on any atom is 0.318 e. The molecular weight excluding hydrogens is 350 g/mol. The second-order valence-electron chi connectivity index (χ2n) is 8.20. The number of aromatic amines is 1. The van der Waals surface area contributed by atoms with E-state index in [0.717, 1.165) is 24.3 Å². The van der Waals surface area contributed by atoms with Crippen LogP contribution in [0.15, 0.2) is 36.7 Å². The second kappa shape index (κ2) is 7.34. The molecular formula is C22H29N5O. The van der Waals surface area contributed by atoms with Crippen LogP contribution in [0.3, 0.4) is 0 Å². The van der Waals surface area contributed by atoms with Crippen molar-refractivity contribution >= 4 is 16.9 Å². The van der Waals surface area contributed by atoms with Gasteiger partial charge in [-0.1, -0.05) is 32.0 Å². The van der Waals surface area contributed by atoms with Crippen molar-refractivity contribution in [3.8, 4) is 0 Å². The van der Waals surface area contributed by atoms with Gasteiger partial charge >= 0.3 is 6.03 Å². The lowest BCUT2D eigenvalue weighted by Crippen LogP contribution is -2.47. The van der Waals surface area contributed by atoms with Gasteiger partial charge in [0, 0.05) is 41.6 Å². The van der Waals surface area contributed by atoms with E-state index < -0.39 is 0 Å². The van der Waals surface area contributed by atoms with Gasteiger partial charge in [0.15, 0.2) is 0 Å². The standard InChI is InChI=1S/C22H29N5O/c1-14(2)21-20-17(16-7-5-6-8-18(16)25-20)9-11-27(21)22(28)24-13-19-23-10-12-26(19)15(3)4/h5-8,10,12,14-15,21,25H,9,11,13H2,1-4H3,(H,24,28). The highest BCUT2D eigenvalue weighted by atomic mass is 16.2. The third kappa shape index (κ3) is 3.17. The molecule has 28 heavy (non-hydrogen) atoms. The Labute approximate surface area is 165 Å². The van der Waals surface area contributed by atoms with Crippen LogP contribution in [0.4, 0.5) is 4.79 Å². The number of nitrogens with zero attached hydrogens (tertiary/aromatic N) is 3. The Kier molecular flexibility index (Phi) is 4.87. The number of hydrogen-bond donors (Lipinski definition) is 2. The molecule has 0 bridgehead atoms. The van der Waals surface area contributed by atoms with E-state index in [-0.39, 0.29) is 12.1 Å². The minimum Gasteiger partial charge on any atom is -0.356 e. The van der Waals surface area contributed by atoms with Crippen molar-refractivity contribution in [2.24, 2.45) is 5.92 Å². The fraction of sp³-hybridized carbons (Fsp3) is 0.455. The van der Waals surface area contributed by atoms with Gasteiger partial charge in [-0.05, 0) is 37.8 Å². The van der Waals surface area contributed by atoms with Crippen LogP contribution in [0.25, 0.3) is 10.9 Å². The molecule has 148 valence electrons. The smallest absolute Gasteiger partial charge is 0.318 e. The summed E-state index contributed by atoms with van der Waals surface area (Å²) in [5, 5.41) is 4.37. The average molecular weight is 380 g/mol. The Morgan fingerprint density at radius 1 is 1.29 bits per heavy atom. The Hall–Kier alpha value is -2.76. The van der Waals surface area contributed by atoms with Crippen molar-refractivity contribution < 1.29 is 4.79 Å². The molecule has 3 aromatic rings. The fourth-order valence-electron chi connectivity index (χ4n) is 4.40. The number of carbonyl (C=O) groups is 1. The van der Waals surface area contributed by atoms with Gasteiger partial charge in [-0.25, -0.2) is 9.78 Å². The quantitative estimate of drug-likeness (QED) is 0.705. The molecule has 1 aromatic carbocycles. The maximum atomic E-state index is 13.1. The number of urea groups is 1. The van der Waals surface area contributed by atoms with Crippen LogP contribution in [-0.2, 0) is 13.0 Å². The van der Waals surface area contributed by atoms with Crippen molar-refractivity contribution in [3.63, 3.8) is 0 Å². The molecule has 0 fully saturated rings. The van der Waals surface area contributed by atoms with Gasteiger partial charge in [0.2, 0.25) is 0 Å². The van der Waals surface area contributed by atoms with Crippen LogP contribution in [0, 0.1) is 5.92 Å². The third-order valence-electron chi connectivity index (χ3n) is 5.68. The second-order valence-corrected chi connectivity index (χ2v) is 8.20. The molecule has 2 amide bonds. The highest BCUT2D eigenvalue weighted by Crippen LogP contribution is 2.38. The maximum absolute atomic E-state index is 13.1. The van der Waals surface area contributed by atoms with Gasteiger partial charge in [0.1, 0.15) is 5.82 Å². The molecule has 1 unspecified atom stereocenters. The number of benzene rings is 1. The first-order chi connectivity index (χ1) is 13.5. The Morgan fingerprint density at radius 3 is 2.82 bits per heavy atom. The summed E-state index contributed by atoms with van der Waals surface area (Å²) >= 11 is 0. The number of amides is 2. The molecule has 4 rings (SSSR count). The van der Waals surface area contributed by atoms with Crippen molar-refractivity contribution in [3.05, 3.63) is 53.7 Å². The van der Waals surface area contributed by atoms with Crippen molar-refractivity contribution in [2.45, 2.75) is 52.7 Å². The monoisotopic (exact) mass is 379 g/mol. The molecule has 0 saturated heterocycles. The molecule has 0 spiro atoms. The molecule has 6 heteroatoms. The van der Waals surface area contributed by atoms with E-state index in [0.29, 0.717) is 18.5 Å². The number of hydrogen-bond acceptors (Lipinski definition) is 2. The molecule has 2 N–H and O–H groups in total. The number of rotatable bonds is 4. The Balaban J connectivity index is 1.57. The highest BCUT2D eigenvalue weighted by molar-refractivity contribution is 5.86. The summed E-state index contributed by atoms with van der Waals surface area (Å²) < 4.78 is 2.09. The summed E-state index contributed by atoms with van der Waals surface area (Å²) in [6, 6.07) is 8.75. The summed E-state index contributed by atoms with van der Waals surface area (Å²) in [6.07, 6.45) is 4.62. The number of nitrogens with one attached hydrogen (secondary N) is 2. The molecule has 1 aliphatic heterocycles. The normalized spacial score (nSPS) is 16.8. The van der Waals surface area contributed by atoms with Crippen molar-refractivity contribution in [1.82, 2.24) is 24.8 Å². The van der Waals surface area contributed by atoms with Crippen molar-refractivity contribution in [2.75, 3.05) is 6.54 Å². The molecule has 3 heterocycles. The first-order valence-corrected chi connectivity index (χ1v) is 10.1. The predicted molar refractivity (Wildman–Crippen MR) is 111 cm³/mol. The zero-order valence-corrected chi connectivity index (χ0v) is 17.1. The van der Waals surface area contributed by atoms with E-state index >= 15 is 0 Å². The summed E-state index contributed by atoms with van der Waals surface area (Å²) in [4.78, 5) is 23.0. The summed E-state index contributed by atoms with van der Waals surface area (Å²) in [5.41, 5.74) is 3.69. The van der Waals surface area contributed by atoms with E-state index in [9.17, 15) is 4.79 Å². The first-order valence-electron chi connectivity index (χ1n) is 10.1. The van der Waals surface area contributed by atoms with Gasteiger partial charge in [-0.15, -0.1) is 0 Å². The molecule has 1 aliphatic rings. The lowest BCUT2D eigenvalue weighted by atomic mass is 9.90. The number of fused-ring (bicyclic) bond motifs is 3. The Morgan fingerprint density at radius 2 is 2.07 bits per heavy atom. The minimum atomic E-state index is -0.0266. The van der Waals surface area contributed by atoms with Crippen LogP contribution in [0.5, 0.6) is 0 Å². The van der Waals surface area contributed by atoms with Gasteiger partial charge in [0.05, 0.1) is 12.6 Å². The zero-order valence-electron chi connectivity index (χ0n) is 17.1. The van der Waals surface area contributed by atoms with Crippen LogP contribution in [0.2, 0.25) is 0 Å². The number of para-hydroxylation sites is 1. The SMILES string of the molecule is CC(C)C1c2[nH]c3ccccc3c2CCN1C(=O)NCc1nccn1C(C)C.